The van der Waals surface area contributed by atoms with Gasteiger partial charge in [-0.05, 0) is 54.6 Å². The number of amides is 1. The normalized spacial score (nSPS) is 13.7. The summed E-state index contributed by atoms with van der Waals surface area (Å²) in [7, 11) is -2.93. The zero-order chi connectivity index (χ0) is 24.3. The van der Waals surface area contributed by atoms with Crippen molar-refractivity contribution in [1.29, 1.82) is 0 Å². The van der Waals surface area contributed by atoms with E-state index in [1.807, 2.05) is 4.90 Å². The van der Waals surface area contributed by atoms with Gasteiger partial charge in [-0.15, -0.1) is 0 Å². The molecule has 0 saturated carbocycles. The van der Waals surface area contributed by atoms with Crippen LogP contribution in [0.5, 0.6) is 5.75 Å². The number of hydrogen-bond acceptors (Lipinski definition) is 7. The molecule has 1 saturated heterocycles. The minimum absolute atomic E-state index is 0. The van der Waals surface area contributed by atoms with Crippen LogP contribution in [0.2, 0.25) is 5.02 Å². The molecule has 3 aromatic rings. The van der Waals surface area contributed by atoms with Gasteiger partial charge in [0.05, 0.1) is 17.9 Å². The van der Waals surface area contributed by atoms with Crippen molar-refractivity contribution in [3.63, 3.8) is 0 Å². The second-order valence-corrected chi connectivity index (χ2v) is 9.56. The summed E-state index contributed by atoms with van der Waals surface area (Å²) >= 11 is 5.88. The molecular formula is C23H21ClFN4NaO4S. The number of piperazine rings is 1. The van der Waals surface area contributed by atoms with Gasteiger partial charge in [0, 0.05) is 48.6 Å². The van der Waals surface area contributed by atoms with Crippen LogP contribution in [0.25, 0.3) is 4.72 Å². The van der Waals surface area contributed by atoms with Gasteiger partial charge in [-0.3, -0.25) is 0 Å². The van der Waals surface area contributed by atoms with E-state index in [9.17, 15) is 17.6 Å². The summed E-state index contributed by atoms with van der Waals surface area (Å²) in [6.45, 7) is 2.74. The number of carbonyl (C=O) groups excluding carboxylic acids is 1. The first kappa shape index (κ1) is 27.2. The minimum Gasteiger partial charge on any atom is -0.537 e. The van der Waals surface area contributed by atoms with Crippen molar-refractivity contribution in [3.05, 3.63) is 81.9 Å². The number of hydrogen-bond donors (Lipinski definition) is 0. The van der Waals surface area contributed by atoms with Crippen LogP contribution in [0.4, 0.5) is 15.9 Å². The van der Waals surface area contributed by atoms with Crippen molar-refractivity contribution >= 4 is 39.0 Å². The van der Waals surface area contributed by atoms with E-state index in [2.05, 4.69) is 14.6 Å². The van der Waals surface area contributed by atoms with E-state index in [-0.39, 0.29) is 51.6 Å². The Kier molecular flexibility index (Phi) is 9.00. The average Bonchev–Trinajstić information content (AvgIpc) is 2.84. The first-order valence-electron chi connectivity index (χ1n) is 10.3. The molecule has 0 spiro atoms. The van der Waals surface area contributed by atoms with Gasteiger partial charge >= 0.3 is 29.6 Å². The Balaban J connectivity index is 0.00000342. The largest absolute Gasteiger partial charge is 1.00 e. The molecule has 35 heavy (non-hydrogen) atoms. The van der Waals surface area contributed by atoms with Crippen molar-refractivity contribution in [2.24, 2.45) is 0 Å². The molecule has 0 atom stereocenters. The summed E-state index contributed by atoms with van der Waals surface area (Å²) in [6.07, 6.45) is 1.19. The van der Waals surface area contributed by atoms with Gasteiger partial charge in [-0.2, -0.15) is 0 Å². The van der Waals surface area contributed by atoms with Gasteiger partial charge in [0.2, 0.25) is 0 Å². The van der Waals surface area contributed by atoms with E-state index in [1.54, 1.807) is 18.2 Å². The molecule has 2 aromatic carbocycles. The topological polar surface area (TPSA) is 93.9 Å². The maximum atomic E-state index is 13.1. The molecule has 1 fully saturated rings. The molecule has 8 nitrogen and oxygen atoms in total. The maximum absolute atomic E-state index is 13.1. The molecule has 1 aromatic heterocycles. The molecule has 2 heterocycles. The summed E-state index contributed by atoms with van der Waals surface area (Å²) in [5, 5.41) is 0.342. The van der Waals surface area contributed by atoms with E-state index in [0.717, 1.165) is 5.69 Å². The monoisotopic (exact) mass is 526 g/mol. The van der Waals surface area contributed by atoms with Crippen LogP contribution in [-0.2, 0) is 10.0 Å². The van der Waals surface area contributed by atoms with E-state index in [4.69, 9.17) is 16.3 Å². The number of rotatable bonds is 6. The molecule has 1 aliphatic rings. The Morgan fingerprint density at radius 1 is 1.03 bits per heavy atom. The zero-order valence-corrected chi connectivity index (χ0v) is 22.8. The first-order chi connectivity index (χ1) is 16.3. The van der Waals surface area contributed by atoms with Gasteiger partial charge in [0.15, 0.2) is 0 Å². The zero-order valence-electron chi connectivity index (χ0n) is 19.2. The Morgan fingerprint density at radius 3 is 2.29 bits per heavy atom. The van der Waals surface area contributed by atoms with Gasteiger partial charge < -0.3 is 24.1 Å². The van der Waals surface area contributed by atoms with Crippen molar-refractivity contribution in [2.75, 3.05) is 43.1 Å². The van der Waals surface area contributed by atoms with Crippen molar-refractivity contribution < 1.29 is 51.9 Å². The summed E-state index contributed by atoms with van der Waals surface area (Å²) in [5.74, 6) is -0.495. The van der Waals surface area contributed by atoms with Crippen LogP contribution in [0, 0.1) is 5.82 Å². The number of ether oxygens (including phenoxy) is 1. The summed E-state index contributed by atoms with van der Waals surface area (Å²) in [6, 6.07) is 13.5. The standard InChI is InChI=1S/C23H22ClFN4O4S.Na/c1-33-21-14-16(24)2-8-20(21)23(30)27-34(31,32)19-7-9-22(26-15-19)29-12-10-28(11-13-29)18-5-3-17(25)4-6-18;/h2-9,14-15H,10-13H2,1H3,(H,27,30);/q;+1/p-1. The molecule has 1 amide bonds. The first-order valence-corrected chi connectivity index (χ1v) is 12.2. The van der Waals surface area contributed by atoms with Gasteiger partial charge in [-0.25, -0.2) is 17.8 Å². The van der Waals surface area contributed by atoms with E-state index >= 15 is 0 Å². The number of sulfonamides is 1. The Bertz CT molecular complexity index is 1290. The van der Waals surface area contributed by atoms with Crippen LogP contribution in [-0.4, -0.2) is 52.6 Å². The van der Waals surface area contributed by atoms with Crippen LogP contribution < -0.4 is 44.1 Å². The number of carbonyl (C=O) groups is 1. The molecule has 1 aliphatic heterocycles. The number of anilines is 2. The Labute approximate surface area is 230 Å². The predicted molar refractivity (Wildman–Crippen MR) is 128 cm³/mol. The number of nitrogens with zero attached hydrogens (tertiary/aromatic N) is 4. The summed E-state index contributed by atoms with van der Waals surface area (Å²) < 4.78 is 46.9. The Hall–Kier alpha value is -2.37. The van der Waals surface area contributed by atoms with E-state index < -0.39 is 15.9 Å². The van der Waals surface area contributed by atoms with Gasteiger partial charge in [0.1, 0.15) is 27.4 Å². The second-order valence-electron chi connectivity index (χ2n) is 7.52. The van der Waals surface area contributed by atoms with Crippen LogP contribution in [0.15, 0.2) is 65.7 Å². The molecule has 0 aliphatic carbocycles. The van der Waals surface area contributed by atoms with Crippen molar-refractivity contribution in [2.45, 2.75) is 4.90 Å². The summed E-state index contributed by atoms with van der Waals surface area (Å²) in [5.41, 5.74) is 0.929. The summed E-state index contributed by atoms with van der Waals surface area (Å²) in [4.78, 5) is 20.7. The fraction of sp³-hybridized carbons (Fsp3) is 0.217. The van der Waals surface area contributed by atoms with Crippen LogP contribution in [0.1, 0.15) is 10.4 Å². The van der Waals surface area contributed by atoms with Crippen molar-refractivity contribution in [3.8, 4) is 5.75 Å². The number of pyridine rings is 1. The third-order valence-corrected chi connectivity index (χ3v) is 6.89. The molecule has 4 rings (SSSR count). The fourth-order valence-corrected chi connectivity index (χ4v) is 4.62. The number of methoxy groups -OCH3 is 1. The van der Waals surface area contributed by atoms with Crippen LogP contribution >= 0.6 is 11.6 Å². The molecular weight excluding hydrogens is 506 g/mol. The molecule has 0 N–H and O–H groups in total. The molecule has 0 bridgehead atoms. The SMILES string of the molecule is COc1cc(Cl)ccc1C(=O)[N-]S(=O)(=O)c1ccc(N2CCN(c3ccc(F)cc3)CC2)nc1.[Na+]. The molecule has 12 heteroatoms. The predicted octanol–water partition coefficient (Wildman–Crippen LogP) is 1.12. The van der Waals surface area contributed by atoms with Gasteiger partial charge in [-0.1, -0.05) is 11.6 Å². The van der Waals surface area contributed by atoms with Crippen molar-refractivity contribution in [1.82, 2.24) is 4.98 Å². The third kappa shape index (κ3) is 6.45. The number of benzene rings is 2. The number of aromatic nitrogens is 1. The Morgan fingerprint density at radius 2 is 1.69 bits per heavy atom. The second kappa shape index (κ2) is 11.6. The smallest absolute Gasteiger partial charge is 0.537 e. The van der Waals surface area contributed by atoms with E-state index in [1.165, 1.54) is 49.7 Å². The van der Waals surface area contributed by atoms with E-state index in [0.29, 0.717) is 37.0 Å². The van der Waals surface area contributed by atoms with Crippen LogP contribution in [0.3, 0.4) is 0 Å². The minimum atomic E-state index is -4.27. The molecule has 178 valence electrons. The third-order valence-electron chi connectivity index (χ3n) is 5.41. The molecule has 0 unspecified atom stereocenters. The quantitative estimate of drug-likeness (QED) is 0.444. The average molecular weight is 527 g/mol. The maximum Gasteiger partial charge on any atom is 1.00 e. The molecule has 0 radical (unpaired) electrons. The number of halogens is 2. The van der Waals surface area contributed by atoms with Gasteiger partial charge in [0.25, 0.3) is 0 Å². The fourth-order valence-electron chi connectivity index (χ4n) is 3.61.